The van der Waals surface area contributed by atoms with Gasteiger partial charge >= 0.3 is 0 Å². The summed E-state index contributed by atoms with van der Waals surface area (Å²) in [6.45, 7) is 0. The third kappa shape index (κ3) is 3.31. The summed E-state index contributed by atoms with van der Waals surface area (Å²) >= 11 is 7.44. The lowest BCUT2D eigenvalue weighted by Crippen LogP contribution is -2.19. The minimum absolute atomic E-state index is 0.149. The maximum absolute atomic E-state index is 12.3. The third-order valence-electron chi connectivity index (χ3n) is 3.84. The summed E-state index contributed by atoms with van der Waals surface area (Å²) in [4.78, 5) is 17.3. The molecule has 4 rings (SSSR count). The number of thioether (sulfide) groups is 1. The smallest absolute Gasteiger partial charge is 0.264 e. The normalized spacial score (nSPS) is 17.4. The summed E-state index contributed by atoms with van der Waals surface area (Å²) < 4.78 is 0. The Morgan fingerprint density at radius 3 is 2.60 bits per heavy atom. The molecule has 0 spiro atoms. The molecule has 0 radical (unpaired) electrons. The lowest BCUT2D eigenvalue weighted by molar-refractivity contribution is -0.115. The molecule has 25 heavy (non-hydrogen) atoms. The summed E-state index contributed by atoms with van der Waals surface area (Å²) in [5.41, 5.74) is 1.65. The first-order chi connectivity index (χ1) is 12.2. The molecule has 3 nitrogen and oxygen atoms in total. The van der Waals surface area contributed by atoms with Crippen molar-refractivity contribution < 1.29 is 4.79 Å². The summed E-state index contributed by atoms with van der Waals surface area (Å²) in [5, 5.41) is 6.14. The van der Waals surface area contributed by atoms with E-state index in [0.29, 0.717) is 20.8 Å². The molecule has 1 aliphatic heterocycles. The number of aliphatic imine (C=N–C) groups is 1. The molecule has 1 saturated heterocycles. The van der Waals surface area contributed by atoms with Crippen LogP contribution >= 0.6 is 23.4 Å². The van der Waals surface area contributed by atoms with Crippen LogP contribution in [0.2, 0.25) is 5.02 Å². The van der Waals surface area contributed by atoms with Gasteiger partial charge in [0.05, 0.1) is 15.6 Å². The molecule has 0 atom stereocenters. The van der Waals surface area contributed by atoms with Crippen molar-refractivity contribution in [1.82, 2.24) is 5.32 Å². The maximum atomic E-state index is 12.3. The number of nitrogens with zero attached hydrogens (tertiary/aromatic N) is 1. The van der Waals surface area contributed by atoms with Crippen LogP contribution in [0, 0.1) is 0 Å². The number of carbonyl (C=O) groups excluding carboxylic acids is 1. The van der Waals surface area contributed by atoms with Crippen LogP contribution in [0.15, 0.2) is 76.6 Å². The van der Waals surface area contributed by atoms with Gasteiger partial charge in [-0.3, -0.25) is 4.79 Å². The zero-order valence-corrected chi connectivity index (χ0v) is 14.6. The van der Waals surface area contributed by atoms with E-state index in [1.165, 1.54) is 11.8 Å². The summed E-state index contributed by atoms with van der Waals surface area (Å²) in [5.74, 6) is -0.149. The Bertz CT molecular complexity index is 1040. The zero-order chi connectivity index (χ0) is 17.2. The summed E-state index contributed by atoms with van der Waals surface area (Å²) in [7, 11) is 0. The van der Waals surface area contributed by atoms with Crippen LogP contribution in [0.3, 0.4) is 0 Å². The van der Waals surface area contributed by atoms with E-state index in [9.17, 15) is 4.79 Å². The monoisotopic (exact) mass is 364 g/mol. The van der Waals surface area contributed by atoms with Gasteiger partial charge in [-0.15, -0.1) is 0 Å². The highest BCUT2D eigenvalue weighted by molar-refractivity contribution is 8.18. The number of amides is 1. The number of benzene rings is 3. The number of halogens is 1. The highest BCUT2D eigenvalue weighted by Gasteiger charge is 2.24. The number of fused-ring (bicyclic) bond motifs is 1. The van der Waals surface area contributed by atoms with Crippen LogP contribution in [-0.4, -0.2) is 11.1 Å². The van der Waals surface area contributed by atoms with Crippen molar-refractivity contribution in [1.29, 1.82) is 0 Å². The highest BCUT2D eigenvalue weighted by atomic mass is 35.5. The van der Waals surface area contributed by atoms with Crippen LogP contribution in [0.4, 0.5) is 5.69 Å². The minimum Gasteiger partial charge on any atom is -0.300 e. The number of hydrogen-bond donors (Lipinski definition) is 1. The minimum atomic E-state index is -0.149. The molecular weight excluding hydrogens is 352 g/mol. The van der Waals surface area contributed by atoms with Gasteiger partial charge in [0.1, 0.15) is 0 Å². The van der Waals surface area contributed by atoms with Crippen molar-refractivity contribution in [2.24, 2.45) is 4.99 Å². The van der Waals surface area contributed by atoms with E-state index in [1.54, 1.807) is 6.07 Å². The van der Waals surface area contributed by atoms with E-state index in [-0.39, 0.29) is 5.91 Å². The lowest BCUT2D eigenvalue weighted by Gasteiger charge is -2.02. The topological polar surface area (TPSA) is 41.5 Å². The number of amidine groups is 1. The fourth-order valence-electron chi connectivity index (χ4n) is 2.65. The molecule has 0 unspecified atom stereocenters. The average Bonchev–Trinajstić information content (AvgIpc) is 2.97. The Balaban J connectivity index is 1.69. The van der Waals surface area contributed by atoms with Crippen LogP contribution in [-0.2, 0) is 4.79 Å². The number of para-hydroxylation sites is 1. The Hall–Kier alpha value is -2.56. The van der Waals surface area contributed by atoms with Gasteiger partial charge < -0.3 is 5.32 Å². The Morgan fingerprint density at radius 1 is 0.960 bits per heavy atom. The fourth-order valence-corrected chi connectivity index (χ4v) is 3.65. The van der Waals surface area contributed by atoms with Crippen molar-refractivity contribution in [2.45, 2.75) is 0 Å². The van der Waals surface area contributed by atoms with Gasteiger partial charge in [0.15, 0.2) is 5.17 Å². The van der Waals surface area contributed by atoms with E-state index in [2.05, 4.69) is 28.5 Å². The fraction of sp³-hybridized carbons (Fsp3) is 0. The molecule has 3 aromatic carbocycles. The number of rotatable bonds is 2. The van der Waals surface area contributed by atoms with Crippen LogP contribution < -0.4 is 5.32 Å². The van der Waals surface area contributed by atoms with Gasteiger partial charge in [0.25, 0.3) is 5.91 Å². The molecule has 122 valence electrons. The first-order valence-electron chi connectivity index (χ1n) is 7.72. The van der Waals surface area contributed by atoms with Crippen LogP contribution in [0.25, 0.3) is 16.8 Å². The first kappa shape index (κ1) is 15.9. The molecule has 1 fully saturated rings. The second kappa shape index (κ2) is 6.75. The molecule has 5 heteroatoms. The quantitative estimate of drug-likeness (QED) is 0.620. The molecule has 1 N–H and O–H groups in total. The molecule has 0 aliphatic carbocycles. The number of hydrogen-bond acceptors (Lipinski definition) is 3. The summed E-state index contributed by atoms with van der Waals surface area (Å²) in [6.07, 6.45) is 1.90. The van der Waals surface area contributed by atoms with Crippen molar-refractivity contribution in [3.8, 4) is 0 Å². The van der Waals surface area contributed by atoms with Crippen molar-refractivity contribution >= 4 is 57.0 Å². The Kier molecular flexibility index (Phi) is 4.30. The van der Waals surface area contributed by atoms with E-state index in [0.717, 1.165) is 16.3 Å². The van der Waals surface area contributed by atoms with Gasteiger partial charge in [-0.1, -0.05) is 66.2 Å². The molecule has 1 amide bonds. The zero-order valence-electron chi connectivity index (χ0n) is 13.1. The average molecular weight is 365 g/mol. The van der Waals surface area contributed by atoms with Crippen LogP contribution in [0.5, 0.6) is 0 Å². The van der Waals surface area contributed by atoms with Crippen molar-refractivity contribution in [3.05, 3.63) is 82.2 Å². The third-order valence-corrected chi connectivity index (χ3v) is 5.06. The molecule has 3 aromatic rings. The van der Waals surface area contributed by atoms with Crippen molar-refractivity contribution in [3.63, 3.8) is 0 Å². The van der Waals surface area contributed by atoms with Gasteiger partial charge in [-0.05, 0) is 46.3 Å². The number of nitrogens with one attached hydrogen (secondary N) is 1. The lowest BCUT2D eigenvalue weighted by atomic mass is 10.0. The molecule has 1 aliphatic rings. The molecular formula is C20H13ClN2OS. The van der Waals surface area contributed by atoms with E-state index >= 15 is 0 Å². The Morgan fingerprint density at radius 2 is 1.72 bits per heavy atom. The molecule has 0 saturated carbocycles. The molecule has 0 bridgehead atoms. The van der Waals surface area contributed by atoms with E-state index in [1.807, 2.05) is 48.5 Å². The van der Waals surface area contributed by atoms with Gasteiger partial charge in [0, 0.05) is 0 Å². The predicted molar refractivity (Wildman–Crippen MR) is 106 cm³/mol. The standard InChI is InChI=1S/C20H13ClN2OS/c21-16-10-3-4-11-17(16)22-20-23-19(24)18(25-20)12-14-8-5-7-13-6-1-2-9-15(13)14/h1-12H,(H,22,23,24)/b18-12+. The van der Waals surface area contributed by atoms with Crippen LogP contribution in [0.1, 0.15) is 5.56 Å². The Labute approximate surface area is 154 Å². The SMILES string of the molecule is O=C1NC(=Nc2ccccc2Cl)S/C1=C/c1cccc2ccccc12. The first-order valence-corrected chi connectivity index (χ1v) is 8.92. The highest BCUT2D eigenvalue weighted by Crippen LogP contribution is 2.31. The number of carbonyl (C=O) groups is 1. The van der Waals surface area contributed by atoms with E-state index in [4.69, 9.17) is 11.6 Å². The largest absolute Gasteiger partial charge is 0.300 e. The summed E-state index contributed by atoms with van der Waals surface area (Å²) in [6, 6.07) is 21.5. The second-order valence-corrected chi connectivity index (χ2v) is 6.94. The predicted octanol–water partition coefficient (Wildman–Crippen LogP) is 5.38. The van der Waals surface area contributed by atoms with E-state index < -0.39 is 0 Å². The molecule has 0 aromatic heterocycles. The second-order valence-electron chi connectivity index (χ2n) is 5.50. The van der Waals surface area contributed by atoms with Gasteiger partial charge in [-0.2, -0.15) is 0 Å². The van der Waals surface area contributed by atoms with Gasteiger partial charge in [0.2, 0.25) is 0 Å². The molecule has 1 heterocycles. The van der Waals surface area contributed by atoms with Crippen molar-refractivity contribution in [2.75, 3.05) is 0 Å². The maximum Gasteiger partial charge on any atom is 0.264 e. The van der Waals surface area contributed by atoms with Gasteiger partial charge in [-0.25, -0.2) is 4.99 Å².